The Morgan fingerprint density at radius 1 is 0.467 bits per heavy atom. The first-order valence-electron chi connectivity index (χ1n) is 10.4. The second-order valence-electron chi connectivity index (χ2n) is 6.55. The highest BCUT2D eigenvalue weighted by Gasteiger charge is 1.94. The lowest BCUT2D eigenvalue weighted by Gasteiger charge is -2.02. The predicted octanol–water partition coefficient (Wildman–Crippen LogP) is 8.76. The van der Waals surface area contributed by atoms with E-state index in [1.165, 1.54) is 11.1 Å². The third-order valence-electron chi connectivity index (χ3n) is 4.75. The predicted molar refractivity (Wildman–Crippen MR) is 138 cm³/mol. The normalized spacial score (nSPS) is 9.13. The lowest BCUT2D eigenvalue weighted by Crippen LogP contribution is -1.88. The van der Waals surface area contributed by atoms with Crippen LogP contribution in [0.5, 0.6) is 0 Å². The van der Waals surface area contributed by atoms with Crippen molar-refractivity contribution in [2.75, 3.05) is 0 Å². The highest BCUT2D eigenvalue weighted by molar-refractivity contribution is 5.63. The fraction of sp³-hybridized carbons (Fsp3) is 0.133. The smallest absolute Gasteiger partial charge is 0.0190 e. The zero-order valence-electron chi connectivity index (χ0n) is 18.5. The summed E-state index contributed by atoms with van der Waals surface area (Å²) < 4.78 is 0. The molecule has 0 aliphatic carbocycles. The summed E-state index contributed by atoms with van der Waals surface area (Å²) in [6.45, 7) is 19.2. The molecule has 0 aliphatic heterocycles. The number of benzene rings is 3. The zero-order chi connectivity index (χ0) is 22.2. The lowest BCUT2D eigenvalue weighted by molar-refractivity contribution is 1.04. The largest absolute Gasteiger partial charge is 0.0984 e. The molecular weight excluding hydrogens is 360 g/mol. The number of rotatable bonds is 6. The summed E-state index contributed by atoms with van der Waals surface area (Å²) in [7, 11) is 0. The van der Waals surface area contributed by atoms with E-state index in [0.717, 1.165) is 35.1 Å². The maximum Gasteiger partial charge on any atom is -0.0190 e. The molecule has 0 spiro atoms. The molecule has 0 fully saturated rings. The van der Waals surface area contributed by atoms with E-state index >= 15 is 0 Å². The van der Waals surface area contributed by atoms with Gasteiger partial charge in [-0.05, 0) is 46.2 Å². The van der Waals surface area contributed by atoms with E-state index in [1.807, 2.05) is 72.8 Å². The topological polar surface area (TPSA) is 0 Å². The first-order chi connectivity index (χ1) is 14.6. The molecule has 3 aromatic rings. The SMILES string of the molecule is C=Cc1ccccc1C=C.C=Cc1ccccc1C=C.CCc1ccccc1CC. The van der Waals surface area contributed by atoms with Crippen molar-refractivity contribution in [2.24, 2.45) is 0 Å². The van der Waals surface area contributed by atoms with Crippen molar-refractivity contribution < 1.29 is 0 Å². The van der Waals surface area contributed by atoms with E-state index in [2.05, 4.69) is 64.4 Å². The van der Waals surface area contributed by atoms with Gasteiger partial charge in [0.1, 0.15) is 0 Å². The molecule has 0 saturated heterocycles. The minimum Gasteiger partial charge on any atom is -0.0984 e. The fourth-order valence-electron chi connectivity index (χ4n) is 3.01. The third kappa shape index (κ3) is 7.93. The van der Waals surface area contributed by atoms with Gasteiger partial charge in [-0.25, -0.2) is 0 Å². The van der Waals surface area contributed by atoms with Crippen molar-refractivity contribution in [1.29, 1.82) is 0 Å². The molecule has 0 N–H and O–H groups in total. The molecule has 3 aromatic carbocycles. The van der Waals surface area contributed by atoms with Crippen LogP contribution in [0.25, 0.3) is 24.3 Å². The van der Waals surface area contributed by atoms with E-state index < -0.39 is 0 Å². The summed E-state index contributed by atoms with van der Waals surface area (Å²) in [4.78, 5) is 0. The van der Waals surface area contributed by atoms with Crippen molar-refractivity contribution in [3.8, 4) is 0 Å². The van der Waals surface area contributed by atoms with Crippen LogP contribution in [0.1, 0.15) is 47.2 Å². The number of aryl methyl sites for hydroxylation is 2. The van der Waals surface area contributed by atoms with Crippen LogP contribution in [0, 0.1) is 0 Å². The fourth-order valence-corrected chi connectivity index (χ4v) is 3.01. The minimum atomic E-state index is 1.14. The van der Waals surface area contributed by atoms with Gasteiger partial charge in [0.05, 0.1) is 0 Å². The highest BCUT2D eigenvalue weighted by atomic mass is 14.0. The molecule has 3 rings (SSSR count). The third-order valence-corrected chi connectivity index (χ3v) is 4.75. The molecule has 30 heavy (non-hydrogen) atoms. The molecule has 0 bridgehead atoms. The van der Waals surface area contributed by atoms with Crippen molar-refractivity contribution in [3.63, 3.8) is 0 Å². The second kappa shape index (κ2) is 14.6. The molecule has 0 unspecified atom stereocenters. The first kappa shape index (κ1) is 24.7. The van der Waals surface area contributed by atoms with Gasteiger partial charge in [0.15, 0.2) is 0 Å². The summed E-state index contributed by atoms with van der Waals surface area (Å²) in [5, 5.41) is 0. The summed E-state index contributed by atoms with van der Waals surface area (Å²) in [5.74, 6) is 0. The van der Waals surface area contributed by atoms with Crippen molar-refractivity contribution >= 4 is 24.3 Å². The lowest BCUT2D eigenvalue weighted by atomic mass is 10.0. The van der Waals surface area contributed by atoms with Crippen LogP contribution in [0.4, 0.5) is 0 Å². The Labute approximate surface area is 183 Å². The average molecular weight is 395 g/mol. The molecular formula is C30H34. The Morgan fingerprint density at radius 2 is 0.700 bits per heavy atom. The van der Waals surface area contributed by atoms with Gasteiger partial charge in [-0.2, -0.15) is 0 Å². The molecule has 154 valence electrons. The first-order valence-corrected chi connectivity index (χ1v) is 10.4. The number of hydrogen-bond donors (Lipinski definition) is 0. The molecule has 0 aromatic heterocycles. The van der Waals surface area contributed by atoms with Crippen LogP contribution >= 0.6 is 0 Å². The van der Waals surface area contributed by atoms with Gasteiger partial charge in [0, 0.05) is 0 Å². The second-order valence-corrected chi connectivity index (χ2v) is 6.55. The van der Waals surface area contributed by atoms with Gasteiger partial charge in [0.2, 0.25) is 0 Å². The van der Waals surface area contributed by atoms with E-state index in [-0.39, 0.29) is 0 Å². The van der Waals surface area contributed by atoms with Gasteiger partial charge in [-0.1, -0.05) is 137 Å². The zero-order valence-corrected chi connectivity index (χ0v) is 18.5. The monoisotopic (exact) mass is 394 g/mol. The van der Waals surface area contributed by atoms with Gasteiger partial charge in [-0.15, -0.1) is 0 Å². The summed E-state index contributed by atoms with van der Waals surface area (Å²) >= 11 is 0. The van der Waals surface area contributed by atoms with Crippen molar-refractivity contribution in [1.82, 2.24) is 0 Å². The van der Waals surface area contributed by atoms with Crippen LogP contribution in [-0.4, -0.2) is 0 Å². The molecule has 0 radical (unpaired) electrons. The van der Waals surface area contributed by atoms with Crippen molar-refractivity contribution in [3.05, 3.63) is 132 Å². The standard InChI is InChI=1S/C10H14.2C10H10/c3*1-3-9-7-5-6-8-10(9)4-2/h5-8H,3-4H2,1-2H3;2*3-8H,1-2H2. The summed E-state index contributed by atoms with van der Waals surface area (Å²) in [6.07, 6.45) is 9.64. The van der Waals surface area contributed by atoms with Crippen LogP contribution in [0.2, 0.25) is 0 Å². The van der Waals surface area contributed by atoms with Crippen LogP contribution in [-0.2, 0) is 12.8 Å². The molecule has 0 nitrogen and oxygen atoms in total. The van der Waals surface area contributed by atoms with Gasteiger partial charge in [-0.3, -0.25) is 0 Å². The van der Waals surface area contributed by atoms with Crippen molar-refractivity contribution in [2.45, 2.75) is 26.7 Å². The Balaban J connectivity index is 0.000000225. The summed E-state index contributed by atoms with van der Waals surface area (Å²) in [6, 6.07) is 24.7. The summed E-state index contributed by atoms with van der Waals surface area (Å²) in [5.41, 5.74) is 7.53. The van der Waals surface area contributed by atoms with Crippen LogP contribution in [0.15, 0.2) is 99.1 Å². The quantitative estimate of drug-likeness (QED) is 0.392. The molecule has 0 amide bonds. The number of hydrogen-bond acceptors (Lipinski definition) is 0. The molecule has 0 heteroatoms. The maximum absolute atomic E-state index is 3.69. The van der Waals surface area contributed by atoms with Gasteiger partial charge >= 0.3 is 0 Å². The Kier molecular flexibility index (Phi) is 12.0. The van der Waals surface area contributed by atoms with Crippen LogP contribution < -0.4 is 0 Å². The maximum atomic E-state index is 3.69. The van der Waals surface area contributed by atoms with Gasteiger partial charge < -0.3 is 0 Å². The Morgan fingerprint density at radius 3 is 0.900 bits per heavy atom. The molecule has 0 heterocycles. The Bertz CT molecular complexity index is 811. The van der Waals surface area contributed by atoms with E-state index in [4.69, 9.17) is 0 Å². The molecule has 0 saturated carbocycles. The van der Waals surface area contributed by atoms with Gasteiger partial charge in [0.25, 0.3) is 0 Å². The van der Waals surface area contributed by atoms with E-state index in [9.17, 15) is 0 Å². The Hall–Kier alpha value is -3.38. The molecule has 0 atom stereocenters. The van der Waals surface area contributed by atoms with Crippen LogP contribution in [0.3, 0.4) is 0 Å². The molecule has 0 aliphatic rings. The highest BCUT2D eigenvalue weighted by Crippen LogP contribution is 2.11. The average Bonchev–Trinajstić information content (AvgIpc) is 2.84. The minimum absolute atomic E-state index is 1.14. The van der Waals surface area contributed by atoms with E-state index in [1.54, 1.807) is 0 Å². The van der Waals surface area contributed by atoms with E-state index in [0.29, 0.717) is 0 Å².